The Hall–Kier alpha value is -2.76. The molecule has 3 rings (SSSR count). The van der Waals surface area contributed by atoms with Crippen LogP contribution in [0, 0.1) is 6.92 Å². The van der Waals surface area contributed by atoms with Gasteiger partial charge in [0.15, 0.2) is 0 Å². The molecular formula is C17H20N4O2. The Morgan fingerprint density at radius 2 is 2.13 bits per heavy atom. The maximum absolute atomic E-state index is 11.6. The van der Waals surface area contributed by atoms with Crippen LogP contribution in [0.25, 0.3) is 10.9 Å². The number of fused-ring (bicyclic) bond motifs is 1. The van der Waals surface area contributed by atoms with Crippen molar-refractivity contribution in [2.45, 2.75) is 13.0 Å². The van der Waals surface area contributed by atoms with Gasteiger partial charge in [-0.1, -0.05) is 6.58 Å². The third-order valence-electron chi connectivity index (χ3n) is 4.45. The first-order valence-corrected chi connectivity index (χ1v) is 7.48. The minimum atomic E-state index is -0.447. The van der Waals surface area contributed by atoms with Crippen LogP contribution in [0.2, 0.25) is 0 Å². The fraction of sp³-hybridized carbons (Fsp3) is 0.294. The van der Waals surface area contributed by atoms with Crippen molar-refractivity contribution in [3.05, 3.63) is 42.1 Å². The molecule has 0 unspecified atom stereocenters. The number of primary amides is 1. The zero-order chi connectivity index (χ0) is 16.7. The Bertz CT molecular complexity index is 802. The van der Waals surface area contributed by atoms with Crippen LogP contribution in [0.4, 0.5) is 5.69 Å². The average molecular weight is 312 g/mol. The molecule has 3 N–H and O–H groups in total. The van der Waals surface area contributed by atoms with E-state index >= 15 is 0 Å². The van der Waals surface area contributed by atoms with Crippen LogP contribution in [0.15, 0.2) is 30.9 Å². The zero-order valence-electron chi connectivity index (χ0n) is 13.3. The van der Waals surface area contributed by atoms with E-state index in [-0.39, 0.29) is 11.9 Å². The van der Waals surface area contributed by atoms with E-state index in [0.29, 0.717) is 18.7 Å². The Kier molecular flexibility index (Phi) is 3.60. The lowest BCUT2D eigenvalue weighted by atomic mass is 10.0. The summed E-state index contributed by atoms with van der Waals surface area (Å²) in [6, 6.07) is 5.92. The van der Waals surface area contributed by atoms with E-state index in [2.05, 4.69) is 16.5 Å². The second-order valence-electron chi connectivity index (χ2n) is 5.95. The van der Waals surface area contributed by atoms with Gasteiger partial charge in [0.1, 0.15) is 0 Å². The summed E-state index contributed by atoms with van der Waals surface area (Å²) in [5.74, 6) is -0.487. The van der Waals surface area contributed by atoms with E-state index in [1.54, 1.807) is 11.0 Å². The first kappa shape index (κ1) is 15.1. The van der Waals surface area contributed by atoms with Crippen molar-refractivity contribution in [1.82, 2.24) is 9.88 Å². The van der Waals surface area contributed by atoms with Crippen LogP contribution in [0.3, 0.4) is 0 Å². The average Bonchev–Trinajstić information content (AvgIpc) is 2.84. The highest BCUT2D eigenvalue weighted by Gasteiger charge is 2.33. The molecule has 6 nitrogen and oxygen atoms in total. The van der Waals surface area contributed by atoms with E-state index in [9.17, 15) is 9.59 Å². The summed E-state index contributed by atoms with van der Waals surface area (Å²) in [5, 5.41) is 0.967. The van der Waals surface area contributed by atoms with Crippen LogP contribution in [0.5, 0.6) is 0 Å². The number of nitrogens with zero attached hydrogens (tertiary/aromatic N) is 2. The van der Waals surface area contributed by atoms with Gasteiger partial charge in [0.05, 0.1) is 17.1 Å². The van der Waals surface area contributed by atoms with Crippen molar-refractivity contribution in [1.29, 1.82) is 0 Å². The van der Waals surface area contributed by atoms with E-state index in [4.69, 9.17) is 5.73 Å². The van der Waals surface area contributed by atoms with Crippen LogP contribution in [-0.4, -0.2) is 47.9 Å². The number of hydrogen-bond acceptors (Lipinski definition) is 3. The van der Waals surface area contributed by atoms with Gasteiger partial charge in [-0.05, 0) is 31.2 Å². The smallest absolute Gasteiger partial charge is 0.250 e. The van der Waals surface area contributed by atoms with Gasteiger partial charge in [-0.15, -0.1) is 0 Å². The molecule has 2 amide bonds. The fourth-order valence-electron chi connectivity index (χ4n) is 3.06. The van der Waals surface area contributed by atoms with Gasteiger partial charge in [0.2, 0.25) is 5.91 Å². The van der Waals surface area contributed by atoms with Crippen LogP contribution < -0.4 is 10.6 Å². The molecule has 0 aliphatic carbocycles. The molecule has 1 aromatic carbocycles. The highest BCUT2D eigenvalue weighted by Crippen LogP contribution is 2.32. The van der Waals surface area contributed by atoms with Crippen molar-refractivity contribution >= 4 is 28.4 Å². The molecule has 120 valence electrons. The molecule has 23 heavy (non-hydrogen) atoms. The number of anilines is 1. The lowest BCUT2D eigenvalue weighted by Gasteiger charge is -2.44. The Morgan fingerprint density at radius 3 is 2.74 bits per heavy atom. The maximum atomic E-state index is 11.6. The first-order valence-electron chi connectivity index (χ1n) is 7.48. The molecule has 1 aromatic heterocycles. The number of amides is 2. The molecule has 0 saturated carbocycles. The second-order valence-corrected chi connectivity index (χ2v) is 5.95. The predicted octanol–water partition coefficient (Wildman–Crippen LogP) is 1.41. The van der Waals surface area contributed by atoms with Crippen LogP contribution in [0.1, 0.15) is 16.1 Å². The second kappa shape index (κ2) is 5.46. The number of H-pyrrole nitrogens is 1. The number of carbonyl (C=O) groups excluding carboxylic acids is 2. The van der Waals surface area contributed by atoms with Gasteiger partial charge in [-0.2, -0.15) is 0 Å². The lowest BCUT2D eigenvalue weighted by Crippen LogP contribution is -2.60. The van der Waals surface area contributed by atoms with Gasteiger partial charge < -0.3 is 20.5 Å². The molecule has 0 spiro atoms. The standard InChI is InChI=1S/C17H20N4O2/c1-4-15(22)21-8-11(9-21)20(3)14-6-5-12(17(18)23)16-13(14)7-10(2)19-16/h4-7,11,19H,1,8-9H2,2-3H3,(H2,18,23). The normalized spacial score (nSPS) is 14.6. The van der Waals surface area contributed by atoms with E-state index in [0.717, 1.165) is 22.3 Å². The Balaban J connectivity index is 1.92. The molecular weight excluding hydrogens is 292 g/mol. The fourth-order valence-corrected chi connectivity index (χ4v) is 3.06. The van der Waals surface area contributed by atoms with Gasteiger partial charge in [0.25, 0.3) is 5.91 Å². The third-order valence-corrected chi connectivity index (χ3v) is 4.45. The number of likely N-dealkylation sites (N-methyl/N-ethyl adjacent to an activating group) is 1. The summed E-state index contributed by atoms with van der Waals surface area (Å²) in [7, 11) is 2.00. The lowest BCUT2D eigenvalue weighted by molar-refractivity contribution is -0.130. The van der Waals surface area contributed by atoms with Gasteiger partial charge >= 0.3 is 0 Å². The van der Waals surface area contributed by atoms with Gasteiger partial charge in [-0.25, -0.2) is 0 Å². The molecule has 2 heterocycles. The summed E-state index contributed by atoms with van der Waals surface area (Å²) in [5.41, 5.74) is 8.69. The van der Waals surface area contributed by atoms with Crippen LogP contribution in [-0.2, 0) is 4.79 Å². The Morgan fingerprint density at radius 1 is 1.43 bits per heavy atom. The molecule has 1 aliphatic rings. The molecule has 1 saturated heterocycles. The third kappa shape index (κ3) is 2.46. The summed E-state index contributed by atoms with van der Waals surface area (Å²) >= 11 is 0. The number of carbonyl (C=O) groups is 2. The molecule has 2 aromatic rings. The van der Waals surface area contributed by atoms with E-state index in [1.807, 2.05) is 26.1 Å². The zero-order valence-corrected chi connectivity index (χ0v) is 13.3. The SMILES string of the molecule is C=CC(=O)N1CC(N(C)c2ccc(C(N)=O)c3[nH]c(C)cc23)C1. The topological polar surface area (TPSA) is 82.4 Å². The quantitative estimate of drug-likeness (QED) is 0.837. The Labute approximate surface area is 134 Å². The summed E-state index contributed by atoms with van der Waals surface area (Å²) in [6.07, 6.45) is 1.34. The number of rotatable bonds is 4. The molecule has 6 heteroatoms. The minimum Gasteiger partial charge on any atom is -0.367 e. The summed E-state index contributed by atoms with van der Waals surface area (Å²) < 4.78 is 0. The number of nitrogens with one attached hydrogen (secondary N) is 1. The molecule has 0 atom stereocenters. The number of hydrogen-bond donors (Lipinski definition) is 2. The van der Waals surface area contributed by atoms with Gasteiger partial charge in [0, 0.05) is 36.9 Å². The highest BCUT2D eigenvalue weighted by atomic mass is 16.2. The van der Waals surface area contributed by atoms with Crippen molar-refractivity contribution < 1.29 is 9.59 Å². The molecule has 0 radical (unpaired) electrons. The first-order chi connectivity index (χ1) is 10.9. The number of aromatic nitrogens is 1. The molecule has 0 bridgehead atoms. The van der Waals surface area contributed by atoms with E-state index in [1.165, 1.54) is 6.08 Å². The summed E-state index contributed by atoms with van der Waals surface area (Å²) in [6.45, 7) is 6.80. The van der Waals surface area contributed by atoms with Crippen molar-refractivity contribution in [2.75, 3.05) is 25.0 Å². The van der Waals surface area contributed by atoms with Crippen molar-refractivity contribution in [2.24, 2.45) is 5.73 Å². The number of aryl methyl sites for hydroxylation is 1. The number of benzene rings is 1. The maximum Gasteiger partial charge on any atom is 0.250 e. The minimum absolute atomic E-state index is 0.0404. The highest BCUT2D eigenvalue weighted by molar-refractivity contribution is 6.08. The largest absolute Gasteiger partial charge is 0.367 e. The monoisotopic (exact) mass is 312 g/mol. The summed E-state index contributed by atoms with van der Waals surface area (Å²) in [4.78, 5) is 30.3. The molecule has 1 fully saturated rings. The van der Waals surface area contributed by atoms with Crippen molar-refractivity contribution in [3.8, 4) is 0 Å². The van der Waals surface area contributed by atoms with Gasteiger partial charge in [-0.3, -0.25) is 9.59 Å². The number of likely N-dealkylation sites (tertiary alicyclic amines) is 1. The van der Waals surface area contributed by atoms with Crippen molar-refractivity contribution in [3.63, 3.8) is 0 Å². The number of aromatic amines is 1. The van der Waals surface area contributed by atoms with Crippen LogP contribution >= 0.6 is 0 Å². The van der Waals surface area contributed by atoms with E-state index < -0.39 is 5.91 Å². The number of nitrogens with two attached hydrogens (primary N) is 1. The molecule has 1 aliphatic heterocycles. The predicted molar refractivity (Wildman–Crippen MR) is 90.5 cm³/mol.